The van der Waals surface area contributed by atoms with Crippen LogP contribution in [-0.4, -0.2) is 37.6 Å². The zero-order chi connectivity index (χ0) is 9.60. The molecule has 0 aromatic carbocycles. The molecule has 14 heavy (non-hydrogen) atoms. The fraction of sp³-hybridized carbons (Fsp3) is 1.00. The number of hydrogen-bond acceptors (Lipinski definition) is 2. The van der Waals surface area contributed by atoms with Gasteiger partial charge in [0, 0.05) is 6.54 Å². The van der Waals surface area contributed by atoms with Crippen LogP contribution < -0.4 is 5.32 Å². The molecular weight excluding hydrogens is 172 g/mol. The van der Waals surface area contributed by atoms with Gasteiger partial charge in [-0.3, -0.25) is 0 Å². The molecule has 4 saturated heterocycles. The van der Waals surface area contributed by atoms with E-state index in [4.69, 9.17) is 0 Å². The molecule has 2 nitrogen and oxygen atoms in total. The minimum atomic E-state index is 0.696. The average Bonchev–Trinajstić information content (AvgIpc) is 2.24. The number of rotatable bonds is 0. The van der Waals surface area contributed by atoms with E-state index in [0.717, 1.165) is 11.8 Å². The Balaban J connectivity index is 1.87. The molecule has 4 fully saturated rings. The van der Waals surface area contributed by atoms with Crippen LogP contribution >= 0.6 is 0 Å². The first-order valence-corrected chi connectivity index (χ1v) is 6.24. The van der Waals surface area contributed by atoms with Crippen molar-refractivity contribution in [2.45, 2.75) is 26.2 Å². The quantitative estimate of drug-likeness (QED) is 0.626. The van der Waals surface area contributed by atoms with Gasteiger partial charge in [-0.1, -0.05) is 6.92 Å². The molecule has 0 aromatic rings. The first-order valence-electron chi connectivity index (χ1n) is 6.24. The molecule has 4 aliphatic rings. The highest BCUT2D eigenvalue weighted by atomic mass is 15.2. The summed E-state index contributed by atoms with van der Waals surface area (Å²) in [5.41, 5.74) is 0.696. The van der Waals surface area contributed by atoms with Crippen molar-refractivity contribution in [2.75, 3.05) is 32.7 Å². The van der Waals surface area contributed by atoms with Crippen LogP contribution in [0.3, 0.4) is 0 Å². The van der Waals surface area contributed by atoms with Gasteiger partial charge in [0.2, 0.25) is 0 Å². The average molecular weight is 194 g/mol. The minimum Gasteiger partial charge on any atom is -0.316 e. The van der Waals surface area contributed by atoms with Crippen LogP contribution in [0.5, 0.6) is 0 Å². The molecule has 2 atom stereocenters. The zero-order valence-electron chi connectivity index (χ0n) is 9.26. The molecule has 0 radical (unpaired) electrons. The molecule has 0 aromatic heterocycles. The van der Waals surface area contributed by atoms with Crippen molar-refractivity contribution in [2.24, 2.45) is 17.3 Å². The molecule has 2 bridgehead atoms. The van der Waals surface area contributed by atoms with Gasteiger partial charge in [-0.15, -0.1) is 0 Å². The number of nitrogens with zero attached hydrogens (tertiary/aromatic N) is 1. The Morgan fingerprint density at radius 2 is 2.07 bits per heavy atom. The number of fused-ring (bicyclic) bond motifs is 2. The fourth-order valence-corrected chi connectivity index (χ4v) is 4.14. The van der Waals surface area contributed by atoms with E-state index in [2.05, 4.69) is 17.1 Å². The van der Waals surface area contributed by atoms with Gasteiger partial charge in [0.15, 0.2) is 0 Å². The van der Waals surface area contributed by atoms with Crippen molar-refractivity contribution >= 4 is 0 Å². The molecule has 1 spiro atoms. The normalized spacial score (nSPS) is 52.5. The maximum Gasteiger partial charge on any atom is 0.00442 e. The van der Waals surface area contributed by atoms with Crippen LogP contribution in [0.2, 0.25) is 0 Å². The van der Waals surface area contributed by atoms with Crippen molar-refractivity contribution in [3.63, 3.8) is 0 Å². The van der Waals surface area contributed by atoms with E-state index in [0.29, 0.717) is 5.41 Å². The first kappa shape index (κ1) is 9.17. The molecule has 2 unspecified atom stereocenters. The lowest BCUT2D eigenvalue weighted by Gasteiger charge is -2.58. The van der Waals surface area contributed by atoms with Crippen LogP contribution in [-0.2, 0) is 0 Å². The van der Waals surface area contributed by atoms with Crippen LogP contribution in [0.4, 0.5) is 0 Å². The molecule has 2 heteroatoms. The zero-order valence-corrected chi connectivity index (χ0v) is 9.26. The lowest BCUT2D eigenvalue weighted by atomic mass is 9.58. The molecule has 0 saturated carbocycles. The Kier molecular flexibility index (Phi) is 2.10. The molecule has 1 N–H and O–H groups in total. The van der Waals surface area contributed by atoms with Gasteiger partial charge in [-0.25, -0.2) is 0 Å². The molecule has 4 rings (SSSR count). The maximum atomic E-state index is 3.55. The van der Waals surface area contributed by atoms with Crippen molar-refractivity contribution in [3.8, 4) is 0 Å². The highest BCUT2D eigenvalue weighted by molar-refractivity contribution is 5.02. The Bertz CT molecular complexity index is 220. The third-order valence-electron chi connectivity index (χ3n) is 5.12. The largest absolute Gasteiger partial charge is 0.316 e. The van der Waals surface area contributed by atoms with Crippen molar-refractivity contribution in [1.29, 1.82) is 0 Å². The Morgan fingerprint density at radius 3 is 2.64 bits per heavy atom. The van der Waals surface area contributed by atoms with Crippen molar-refractivity contribution in [3.05, 3.63) is 0 Å². The summed E-state index contributed by atoms with van der Waals surface area (Å²) in [5, 5.41) is 3.55. The SMILES string of the molecule is CC1CNCCC12CN1CCC2CC1. The third-order valence-corrected chi connectivity index (χ3v) is 5.12. The highest BCUT2D eigenvalue weighted by Crippen LogP contribution is 2.50. The topological polar surface area (TPSA) is 15.3 Å². The summed E-state index contributed by atoms with van der Waals surface area (Å²) in [6.07, 6.45) is 4.38. The van der Waals surface area contributed by atoms with E-state index in [1.807, 2.05) is 0 Å². The van der Waals surface area contributed by atoms with Gasteiger partial charge in [-0.2, -0.15) is 0 Å². The summed E-state index contributed by atoms with van der Waals surface area (Å²) < 4.78 is 0. The molecule has 4 aliphatic heterocycles. The molecule has 80 valence electrons. The summed E-state index contributed by atoms with van der Waals surface area (Å²) in [5.74, 6) is 1.94. The second-order valence-corrected chi connectivity index (χ2v) is 5.64. The van der Waals surface area contributed by atoms with Crippen molar-refractivity contribution < 1.29 is 0 Å². The molecular formula is C12H22N2. The van der Waals surface area contributed by atoms with Crippen LogP contribution in [0.25, 0.3) is 0 Å². The summed E-state index contributed by atoms with van der Waals surface area (Å²) in [6, 6.07) is 0. The van der Waals surface area contributed by atoms with Gasteiger partial charge < -0.3 is 10.2 Å². The lowest BCUT2D eigenvalue weighted by molar-refractivity contribution is -0.0785. The predicted octanol–water partition coefficient (Wildman–Crippen LogP) is 1.33. The molecule has 4 heterocycles. The Labute approximate surface area is 87.0 Å². The second-order valence-electron chi connectivity index (χ2n) is 5.64. The summed E-state index contributed by atoms with van der Waals surface area (Å²) >= 11 is 0. The first-order chi connectivity index (χ1) is 6.81. The van der Waals surface area contributed by atoms with Gasteiger partial charge in [0.1, 0.15) is 0 Å². The van der Waals surface area contributed by atoms with E-state index >= 15 is 0 Å². The van der Waals surface area contributed by atoms with Gasteiger partial charge in [0.05, 0.1) is 0 Å². The predicted molar refractivity (Wildman–Crippen MR) is 58.2 cm³/mol. The maximum absolute atomic E-state index is 3.55. The number of piperidine rings is 4. The lowest BCUT2D eigenvalue weighted by Crippen LogP contribution is -2.61. The van der Waals surface area contributed by atoms with E-state index in [9.17, 15) is 0 Å². The van der Waals surface area contributed by atoms with Crippen LogP contribution in [0.1, 0.15) is 26.2 Å². The van der Waals surface area contributed by atoms with E-state index < -0.39 is 0 Å². The summed E-state index contributed by atoms with van der Waals surface area (Å²) in [4.78, 5) is 2.71. The minimum absolute atomic E-state index is 0.696. The molecule has 0 amide bonds. The summed E-state index contributed by atoms with van der Waals surface area (Å²) in [7, 11) is 0. The monoisotopic (exact) mass is 194 g/mol. The highest BCUT2D eigenvalue weighted by Gasteiger charge is 2.50. The fourth-order valence-electron chi connectivity index (χ4n) is 4.14. The van der Waals surface area contributed by atoms with Crippen LogP contribution in [0, 0.1) is 17.3 Å². The van der Waals surface area contributed by atoms with E-state index in [1.54, 1.807) is 0 Å². The third kappa shape index (κ3) is 1.17. The van der Waals surface area contributed by atoms with Gasteiger partial charge in [-0.05, 0) is 62.7 Å². The number of nitrogens with one attached hydrogen (secondary N) is 1. The van der Waals surface area contributed by atoms with Crippen LogP contribution in [0.15, 0.2) is 0 Å². The van der Waals surface area contributed by atoms with Gasteiger partial charge >= 0.3 is 0 Å². The standard InChI is InChI=1S/C12H22N2/c1-10-8-13-5-4-12(10)9-14-6-2-11(12)3-7-14/h10-11,13H,2-9H2,1H3. The Morgan fingerprint density at radius 1 is 1.29 bits per heavy atom. The molecule has 0 aliphatic carbocycles. The second kappa shape index (κ2) is 3.21. The smallest absolute Gasteiger partial charge is 0.00442 e. The van der Waals surface area contributed by atoms with E-state index in [1.165, 1.54) is 52.0 Å². The Hall–Kier alpha value is -0.0800. The van der Waals surface area contributed by atoms with Crippen molar-refractivity contribution in [1.82, 2.24) is 10.2 Å². The number of hydrogen-bond donors (Lipinski definition) is 1. The van der Waals surface area contributed by atoms with Gasteiger partial charge in [0.25, 0.3) is 0 Å². The van der Waals surface area contributed by atoms with E-state index in [-0.39, 0.29) is 0 Å². The summed E-state index contributed by atoms with van der Waals surface area (Å²) in [6.45, 7) is 9.15.